The molecule has 1 aromatic heterocycles. The molecule has 0 radical (unpaired) electrons. The summed E-state index contributed by atoms with van der Waals surface area (Å²) in [4.78, 5) is 11.9. The summed E-state index contributed by atoms with van der Waals surface area (Å²) < 4.78 is 29.7. The highest BCUT2D eigenvalue weighted by atomic mass is 32.2. The first-order valence-electron chi connectivity index (χ1n) is 5.99. The first-order valence-corrected chi connectivity index (χ1v) is 7.43. The summed E-state index contributed by atoms with van der Waals surface area (Å²) in [5, 5.41) is 2.51. The minimum absolute atomic E-state index is 0.00655. The Morgan fingerprint density at radius 3 is 2.32 bits per heavy atom. The Morgan fingerprint density at radius 2 is 1.84 bits per heavy atom. The van der Waals surface area contributed by atoms with Crippen LogP contribution in [0.2, 0.25) is 0 Å². The number of hydrogen-bond acceptors (Lipinski definition) is 4. The van der Waals surface area contributed by atoms with Gasteiger partial charge in [-0.15, -0.1) is 0 Å². The number of carbonyl (C=O) groups is 1. The number of nitrogens with one attached hydrogen (secondary N) is 1. The van der Waals surface area contributed by atoms with E-state index in [1.807, 2.05) is 20.8 Å². The molecule has 1 aromatic rings. The van der Waals surface area contributed by atoms with Gasteiger partial charge in [0.25, 0.3) is 15.9 Å². The van der Waals surface area contributed by atoms with Gasteiger partial charge in [-0.25, -0.2) is 12.7 Å². The van der Waals surface area contributed by atoms with Gasteiger partial charge in [-0.1, -0.05) is 13.8 Å². The minimum Gasteiger partial charge on any atom is -0.438 e. The van der Waals surface area contributed by atoms with Crippen LogP contribution in [0.3, 0.4) is 0 Å². The molecule has 1 heterocycles. The van der Waals surface area contributed by atoms with Crippen molar-refractivity contribution in [3.05, 3.63) is 17.9 Å². The van der Waals surface area contributed by atoms with E-state index in [4.69, 9.17) is 4.42 Å². The first-order chi connectivity index (χ1) is 8.66. The average Bonchev–Trinajstić information content (AvgIpc) is 2.78. The standard InChI is InChI=1S/C12H20N2O4S/c1-8(2)9(3)13-12(15)10-6-7-11(18-10)19(16,17)14(4)5/h6-9H,1-5H3,(H,13,15)/t9-/m1/s1. The molecule has 6 nitrogen and oxygen atoms in total. The summed E-state index contributed by atoms with van der Waals surface area (Å²) in [6.07, 6.45) is 0. The smallest absolute Gasteiger partial charge is 0.287 e. The fourth-order valence-electron chi connectivity index (χ4n) is 1.21. The molecule has 108 valence electrons. The van der Waals surface area contributed by atoms with Crippen molar-refractivity contribution in [1.29, 1.82) is 0 Å². The van der Waals surface area contributed by atoms with Crippen molar-refractivity contribution in [2.45, 2.75) is 31.9 Å². The van der Waals surface area contributed by atoms with Crippen LogP contribution in [0, 0.1) is 5.92 Å². The second-order valence-corrected chi connectivity index (χ2v) is 7.00. The molecule has 1 atom stereocenters. The van der Waals surface area contributed by atoms with Crippen LogP contribution in [0.5, 0.6) is 0 Å². The van der Waals surface area contributed by atoms with Crippen molar-refractivity contribution in [1.82, 2.24) is 9.62 Å². The third kappa shape index (κ3) is 3.57. The van der Waals surface area contributed by atoms with Crippen molar-refractivity contribution in [3.63, 3.8) is 0 Å². The van der Waals surface area contributed by atoms with E-state index in [-0.39, 0.29) is 22.8 Å². The summed E-state index contributed by atoms with van der Waals surface area (Å²) in [6.45, 7) is 5.84. The molecule has 0 saturated carbocycles. The molecular weight excluding hydrogens is 268 g/mol. The van der Waals surface area contributed by atoms with Crippen LogP contribution in [-0.2, 0) is 10.0 Å². The molecule has 0 aliphatic carbocycles. The molecule has 0 fully saturated rings. The Morgan fingerprint density at radius 1 is 1.26 bits per heavy atom. The van der Waals surface area contributed by atoms with E-state index in [2.05, 4.69) is 5.32 Å². The van der Waals surface area contributed by atoms with E-state index in [1.54, 1.807) is 0 Å². The van der Waals surface area contributed by atoms with E-state index >= 15 is 0 Å². The van der Waals surface area contributed by atoms with E-state index in [1.165, 1.54) is 26.2 Å². The van der Waals surface area contributed by atoms with Gasteiger partial charge < -0.3 is 9.73 Å². The van der Waals surface area contributed by atoms with Gasteiger partial charge in [0.15, 0.2) is 5.76 Å². The van der Waals surface area contributed by atoms with Gasteiger partial charge in [-0.05, 0) is 25.0 Å². The molecule has 0 aliphatic heterocycles. The number of sulfonamides is 1. The van der Waals surface area contributed by atoms with Crippen LogP contribution < -0.4 is 5.32 Å². The quantitative estimate of drug-likeness (QED) is 0.885. The lowest BCUT2D eigenvalue weighted by Crippen LogP contribution is -2.35. The zero-order chi connectivity index (χ0) is 14.8. The summed E-state index contributed by atoms with van der Waals surface area (Å²) in [5.41, 5.74) is 0. The van der Waals surface area contributed by atoms with E-state index < -0.39 is 15.9 Å². The average molecular weight is 288 g/mol. The van der Waals surface area contributed by atoms with Gasteiger partial charge in [0.2, 0.25) is 5.09 Å². The van der Waals surface area contributed by atoms with Gasteiger partial charge in [-0.2, -0.15) is 0 Å². The van der Waals surface area contributed by atoms with Crippen molar-refractivity contribution in [2.24, 2.45) is 5.92 Å². The highest BCUT2D eigenvalue weighted by Crippen LogP contribution is 2.17. The molecule has 0 aliphatic rings. The molecule has 1 rings (SSSR count). The van der Waals surface area contributed by atoms with Gasteiger partial charge >= 0.3 is 0 Å². The van der Waals surface area contributed by atoms with E-state index in [0.717, 1.165) is 4.31 Å². The largest absolute Gasteiger partial charge is 0.438 e. The van der Waals surface area contributed by atoms with E-state index in [0.29, 0.717) is 0 Å². The lowest BCUT2D eigenvalue weighted by atomic mass is 10.1. The second kappa shape index (κ2) is 5.75. The Bertz CT molecular complexity index is 546. The van der Waals surface area contributed by atoms with Crippen molar-refractivity contribution in [2.75, 3.05) is 14.1 Å². The number of rotatable bonds is 5. The van der Waals surface area contributed by atoms with Crippen LogP contribution in [0.15, 0.2) is 21.6 Å². The third-order valence-corrected chi connectivity index (χ3v) is 4.59. The van der Waals surface area contributed by atoms with Crippen molar-refractivity contribution < 1.29 is 17.6 Å². The van der Waals surface area contributed by atoms with Gasteiger partial charge in [0.05, 0.1) is 0 Å². The topological polar surface area (TPSA) is 79.6 Å². The Hall–Kier alpha value is -1.34. The van der Waals surface area contributed by atoms with Gasteiger partial charge in [-0.3, -0.25) is 4.79 Å². The molecule has 0 aromatic carbocycles. The Kier molecular flexibility index (Phi) is 4.75. The molecule has 0 saturated heterocycles. The van der Waals surface area contributed by atoms with Crippen LogP contribution >= 0.6 is 0 Å². The molecule has 0 bridgehead atoms. The van der Waals surface area contributed by atoms with Crippen LogP contribution in [0.1, 0.15) is 31.3 Å². The molecule has 0 spiro atoms. The lowest BCUT2D eigenvalue weighted by Gasteiger charge is -2.16. The minimum atomic E-state index is -3.65. The highest BCUT2D eigenvalue weighted by Gasteiger charge is 2.24. The monoisotopic (exact) mass is 288 g/mol. The normalized spacial score (nSPS) is 13.8. The van der Waals surface area contributed by atoms with Crippen LogP contribution in [-0.4, -0.2) is 38.8 Å². The summed E-state index contributed by atoms with van der Waals surface area (Å²) >= 11 is 0. The van der Waals surface area contributed by atoms with Crippen LogP contribution in [0.4, 0.5) is 0 Å². The fourth-order valence-corrected chi connectivity index (χ4v) is 2.00. The Balaban J connectivity index is 2.89. The van der Waals surface area contributed by atoms with Gasteiger partial charge in [0.1, 0.15) is 0 Å². The highest BCUT2D eigenvalue weighted by molar-refractivity contribution is 7.88. The number of hydrogen-bond donors (Lipinski definition) is 1. The zero-order valence-electron chi connectivity index (χ0n) is 11.8. The fraction of sp³-hybridized carbons (Fsp3) is 0.583. The number of nitrogens with zero attached hydrogens (tertiary/aromatic N) is 1. The van der Waals surface area contributed by atoms with Crippen molar-refractivity contribution >= 4 is 15.9 Å². The lowest BCUT2D eigenvalue weighted by molar-refractivity contribution is 0.0897. The zero-order valence-corrected chi connectivity index (χ0v) is 12.6. The predicted octanol–water partition coefficient (Wildman–Crippen LogP) is 1.30. The maximum absolute atomic E-state index is 11.9. The molecule has 0 unspecified atom stereocenters. The summed E-state index contributed by atoms with van der Waals surface area (Å²) in [5.74, 6) is -0.141. The molecular formula is C12H20N2O4S. The van der Waals surface area contributed by atoms with Gasteiger partial charge in [0, 0.05) is 20.1 Å². The first kappa shape index (κ1) is 15.7. The third-order valence-electron chi connectivity index (χ3n) is 2.90. The molecule has 1 N–H and O–H groups in total. The second-order valence-electron chi connectivity index (χ2n) is 4.91. The molecule has 7 heteroatoms. The SMILES string of the molecule is CC(C)[C@@H](C)NC(=O)c1ccc(S(=O)(=O)N(C)C)o1. The number of amides is 1. The summed E-state index contributed by atoms with van der Waals surface area (Å²) in [6, 6.07) is 2.62. The molecule has 1 amide bonds. The number of carbonyl (C=O) groups excluding carboxylic acids is 1. The van der Waals surface area contributed by atoms with Crippen LogP contribution in [0.25, 0.3) is 0 Å². The summed E-state index contributed by atoms with van der Waals surface area (Å²) in [7, 11) is -0.845. The molecule has 19 heavy (non-hydrogen) atoms. The predicted molar refractivity (Wildman–Crippen MR) is 71.3 cm³/mol. The number of furan rings is 1. The van der Waals surface area contributed by atoms with E-state index in [9.17, 15) is 13.2 Å². The maximum Gasteiger partial charge on any atom is 0.287 e. The van der Waals surface area contributed by atoms with Crippen molar-refractivity contribution in [3.8, 4) is 0 Å². The maximum atomic E-state index is 11.9. The Labute approximate surface area is 113 Å².